The predicted molar refractivity (Wildman–Crippen MR) is 187 cm³/mol. The average Bonchev–Trinajstić information content (AvgIpc) is 3.81. The Kier molecular flexibility index (Phi) is 7.47. The summed E-state index contributed by atoms with van der Waals surface area (Å²) in [6, 6.07) is 27.7. The van der Waals surface area contributed by atoms with Crippen LogP contribution in [0.4, 0.5) is 10.7 Å². The van der Waals surface area contributed by atoms with Crippen molar-refractivity contribution < 1.29 is 22.7 Å². The van der Waals surface area contributed by atoms with Crippen molar-refractivity contribution in [2.75, 3.05) is 23.0 Å². The van der Waals surface area contributed by atoms with E-state index in [1.165, 1.54) is 27.8 Å². The lowest BCUT2D eigenvalue weighted by atomic mass is 10.0. The first kappa shape index (κ1) is 29.7. The van der Waals surface area contributed by atoms with E-state index in [9.17, 15) is 13.2 Å². The van der Waals surface area contributed by atoms with Crippen LogP contribution in [0.1, 0.15) is 38.3 Å². The standard InChI is InChI=1S/C36H29N3O5S3/c1-22-32(20-23-12-17-29-30(19-23)44-21-43-29)46-36(33(22)35-37-27-9-3-5-11-31(27)45-35)38-34(40)25-13-15-26(16-14-25)47(41,42)39-18-6-8-24-7-2-4-10-28(24)39/h2-5,7,9-17,19H,6,8,18,20-21H2,1H3,(H,38,40). The van der Waals surface area contributed by atoms with Gasteiger partial charge in [0.1, 0.15) is 10.0 Å². The zero-order valence-electron chi connectivity index (χ0n) is 25.4. The Morgan fingerprint density at radius 3 is 2.57 bits per heavy atom. The highest BCUT2D eigenvalue weighted by Gasteiger charge is 2.29. The van der Waals surface area contributed by atoms with E-state index in [1.807, 2.05) is 66.7 Å². The Labute approximate surface area is 280 Å². The summed E-state index contributed by atoms with van der Waals surface area (Å²) in [5, 5.41) is 4.66. The molecule has 2 aliphatic rings. The van der Waals surface area contributed by atoms with Gasteiger partial charge in [0, 0.05) is 29.0 Å². The lowest BCUT2D eigenvalue weighted by Gasteiger charge is -2.30. The summed E-state index contributed by atoms with van der Waals surface area (Å²) in [6.45, 7) is 2.70. The Balaban J connectivity index is 1.10. The van der Waals surface area contributed by atoms with Crippen molar-refractivity contribution in [2.24, 2.45) is 0 Å². The van der Waals surface area contributed by atoms with Crippen LogP contribution in [0.2, 0.25) is 0 Å². The van der Waals surface area contributed by atoms with Crippen LogP contribution < -0.4 is 19.1 Å². The highest BCUT2D eigenvalue weighted by molar-refractivity contribution is 7.92. The second-order valence-corrected chi connectivity index (χ2v) is 15.5. The number of aromatic nitrogens is 1. The Morgan fingerprint density at radius 1 is 0.936 bits per heavy atom. The minimum atomic E-state index is -3.79. The van der Waals surface area contributed by atoms with Crippen LogP contribution in [0.15, 0.2) is 95.9 Å². The number of thiophene rings is 1. The number of thiazole rings is 1. The number of carbonyl (C=O) groups excluding carboxylic acids is 1. The molecule has 0 atom stereocenters. The van der Waals surface area contributed by atoms with Crippen molar-refractivity contribution in [3.63, 3.8) is 0 Å². The van der Waals surface area contributed by atoms with Gasteiger partial charge in [-0.15, -0.1) is 22.7 Å². The molecule has 2 aliphatic heterocycles. The third kappa shape index (κ3) is 5.44. The molecular weight excluding hydrogens is 651 g/mol. The molecule has 47 heavy (non-hydrogen) atoms. The summed E-state index contributed by atoms with van der Waals surface area (Å²) in [5.41, 5.74) is 6.01. The number of sulfonamides is 1. The van der Waals surface area contributed by atoms with Crippen LogP contribution in [-0.2, 0) is 22.9 Å². The van der Waals surface area contributed by atoms with E-state index >= 15 is 0 Å². The number of rotatable bonds is 7. The summed E-state index contributed by atoms with van der Waals surface area (Å²) in [4.78, 5) is 19.9. The zero-order chi connectivity index (χ0) is 32.1. The first-order valence-corrected chi connectivity index (χ1v) is 18.3. The minimum Gasteiger partial charge on any atom is -0.454 e. The van der Waals surface area contributed by atoms with Gasteiger partial charge < -0.3 is 14.8 Å². The quantitative estimate of drug-likeness (QED) is 0.183. The number of fused-ring (bicyclic) bond motifs is 3. The molecule has 0 spiro atoms. The first-order chi connectivity index (χ1) is 22.8. The second kappa shape index (κ2) is 11.8. The topological polar surface area (TPSA) is 97.8 Å². The summed E-state index contributed by atoms with van der Waals surface area (Å²) >= 11 is 3.11. The minimum absolute atomic E-state index is 0.152. The SMILES string of the molecule is Cc1c(Cc2ccc3c(c2)OCO3)sc(NC(=O)c2ccc(S(=O)(=O)N3CCCc4ccccc43)cc2)c1-c1nc2ccccc2s1. The highest BCUT2D eigenvalue weighted by Crippen LogP contribution is 2.45. The molecule has 0 saturated carbocycles. The van der Waals surface area contributed by atoms with Crippen LogP contribution in [0.5, 0.6) is 11.5 Å². The van der Waals surface area contributed by atoms with Gasteiger partial charge in [-0.2, -0.15) is 0 Å². The molecule has 4 aromatic carbocycles. The fourth-order valence-electron chi connectivity index (χ4n) is 6.12. The zero-order valence-corrected chi connectivity index (χ0v) is 27.8. The maximum absolute atomic E-state index is 13.7. The van der Waals surface area contributed by atoms with Gasteiger partial charge in [0.2, 0.25) is 6.79 Å². The largest absolute Gasteiger partial charge is 0.454 e. The molecule has 1 amide bonds. The Hall–Kier alpha value is -4.71. The number of aryl methyl sites for hydroxylation is 1. The summed E-state index contributed by atoms with van der Waals surface area (Å²) in [7, 11) is -3.79. The van der Waals surface area contributed by atoms with Crippen molar-refractivity contribution in [3.05, 3.63) is 118 Å². The van der Waals surface area contributed by atoms with Gasteiger partial charge >= 0.3 is 0 Å². The number of carbonyl (C=O) groups is 1. The number of ether oxygens (including phenoxy) is 2. The van der Waals surface area contributed by atoms with E-state index in [0.29, 0.717) is 29.2 Å². The Bertz CT molecular complexity index is 2240. The van der Waals surface area contributed by atoms with Crippen LogP contribution in [-0.4, -0.2) is 32.6 Å². The number of anilines is 2. The molecule has 0 unspecified atom stereocenters. The molecule has 0 radical (unpaired) electrons. The summed E-state index contributed by atoms with van der Waals surface area (Å²) in [5.74, 6) is 1.14. The summed E-state index contributed by atoms with van der Waals surface area (Å²) in [6.07, 6.45) is 2.25. The molecular formula is C36H29N3O5S3. The molecule has 11 heteroatoms. The van der Waals surface area contributed by atoms with Crippen LogP contribution in [0.25, 0.3) is 20.8 Å². The number of amides is 1. The van der Waals surface area contributed by atoms with Gasteiger partial charge in [0.25, 0.3) is 15.9 Å². The summed E-state index contributed by atoms with van der Waals surface area (Å²) < 4.78 is 40.9. The molecule has 4 heterocycles. The highest BCUT2D eigenvalue weighted by atomic mass is 32.2. The molecule has 0 fully saturated rings. The van der Waals surface area contributed by atoms with Gasteiger partial charge in [-0.25, -0.2) is 13.4 Å². The number of benzene rings is 4. The number of nitrogens with zero attached hydrogens (tertiary/aromatic N) is 2. The second-order valence-electron chi connectivity index (χ2n) is 11.5. The van der Waals surface area contributed by atoms with E-state index in [-0.39, 0.29) is 17.6 Å². The molecule has 8 nitrogen and oxygen atoms in total. The van der Waals surface area contributed by atoms with E-state index < -0.39 is 10.0 Å². The van der Waals surface area contributed by atoms with E-state index in [4.69, 9.17) is 14.5 Å². The number of hydrogen-bond acceptors (Lipinski definition) is 8. The van der Waals surface area contributed by atoms with E-state index in [1.54, 1.807) is 23.5 Å². The predicted octanol–water partition coefficient (Wildman–Crippen LogP) is 8.05. The number of hydrogen-bond donors (Lipinski definition) is 1. The van der Waals surface area contributed by atoms with Crippen molar-refractivity contribution >= 4 is 59.5 Å². The monoisotopic (exact) mass is 679 g/mol. The van der Waals surface area contributed by atoms with E-state index in [0.717, 1.165) is 66.7 Å². The lowest BCUT2D eigenvalue weighted by molar-refractivity contribution is 0.102. The van der Waals surface area contributed by atoms with E-state index in [2.05, 4.69) is 12.2 Å². The Morgan fingerprint density at radius 2 is 1.72 bits per heavy atom. The average molecular weight is 680 g/mol. The van der Waals surface area contributed by atoms with Crippen LogP contribution in [0, 0.1) is 6.92 Å². The molecule has 0 saturated heterocycles. The third-order valence-electron chi connectivity index (χ3n) is 8.55. The van der Waals surface area contributed by atoms with Gasteiger partial charge in [-0.1, -0.05) is 36.4 Å². The van der Waals surface area contributed by atoms with Crippen molar-refractivity contribution in [1.82, 2.24) is 4.98 Å². The number of nitrogens with one attached hydrogen (secondary N) is 1. The van der Waals surface area contributed by atoms with Gasteiger partial charge in [0.05, 0.1) is 20.8 Å². The number of para-hydroxylation sites is 2. The molecule has 8 rings (SSSR count). The fraction of sp³-hybridized carbons (Fsp3) is 0.167. The maximum Gasteiger partial charge on any atom is 0.264 e. The fourth-order valence-corrected chi connectivity index (χ4v) is 10.0. The normalized spacial score (nSPS) is 13.9. The van der Waals surface area contributed by atoms with Gasteiger partial charge in [0.15, 0.2) is 11.5 Å². The van der Waals surface area contributed by atoms with Crippen LogP contribution in [0.3, 0.4) is 0 Å². The molecule has 0 bridgehead atoms. The van der Waals surface area contributed by atoms with Crippen LogP contribution >= 0.6 is 22.7 Å². The smallest absolute Gasteiger partial charge is 0.264 e. The lowest BCUT2D eigenvalue weighted by Crippen LogP contribution is -2.35. The van der Waals surface area contributed by atoms with Crippen molar-refractivity contribution in [1.29, 1.82) is 0 Å². The first-order valence-electron chi connectivity index (χ1n) is 15.2. The van der Waals surface area contributed by atoms with Crippen molar-refractivity contribution in [3.8, 4) is 22.1 Å². The van der Waals surface area contributed by atoms with Crippen molar-refractivity contribution in [2.45, 2.75) is 31.1 Å². The van der Waals surface area contributed by atoms with Gasteiger partial charge in [-0.05, 0) is 91.1 Å². The molecule has 6 aromatic rings. The molecule has 1 N–H and O–H groups in total. The molecule has 236 valence electrons. The maximum atomic E-state index is 13.7. The van der Waals surface area contributed by atoms with Gasteiger partial charge in [-0.3, -0.25) is 9.10 Å². The molecule has 2 aromatic heterocycles. The third-order valence-corrected chi connectivity index (χ3v) is 12.6. The molecule has 0 aliphatic carbocycles.